The molecule has 0 unspecified atom stereocenters. The van der Waals surface area contributed by atoms with Gasteiger partial charge in [0.15, 0.2) is 0 Å². The van der Waals surface area contributed by atoms with E-state index in [4.69, 9.17) is 5.26 Å². The first-order valence-electron chi connectivity index (χ1n) is 9.47. The fraction of sp³-hybridized carbons (Fsp3) is 0.167. The average Bonchev–Trinajstić information content (AvgIpc) is 2.74. The molecule has 0 bridgehead atoms. The van der Waals surface area contributed by atoms with E-state index in [1.54, 1.807) is 36.4 Å². The number of carbonyl (C=O) groups is 2. The Morgan fingerprint density at radius 3 is 2.03 bits per heavy atom. The van der Waals surface area contributed by atoms with Crippen molar-refractivity contribution in [3.63, 3.8) is 0 Å². The van der Waals surface area contributed by atoms with Crippen molar-refractivity contribution in [2.45, 2.75) is 26.2 Å². The third-order valence-electron chi connectivity index (χ3n) is 4.52. The van der Waals surface area contributed by atoms with Gasteiger partial charge in [-0.25, -0.2) is 4.98 Å². The number of hydrogen-bond donors (Lipinski definition) is 2. The lowest BCUT2D eigenvalue weighted by atomic mass is 9.87. The van der Waals surface area contributed by atoms with E-state index in [2.05, 4.69) is 36.4 Å². The number of nitrogens with zero attached hydrogens (tertiary/aromatic N) is 2. The number of nitriles is 1. The van der Waals surface area contributed by atoms with E-state index in [9.17, 15) is 9.59 Å². The van der Waals surface area contributed by atoms with Crippen LogP contribution in [0.1, 0.15) is 52.9 Å². The number of amides is 2. The molecule has 6 heteroatoms. The van der Waals surface area contributed by atoms with Crippen molar-refractivity contribution in [3.05, 3.63) is 89.2 Å². The van der Waals surface area contributed by atoms with Gasteiger partial charge in [-0.1, -0.05) is 51.1 Å². The molecule has 1 aromatic heterocycles. The predicted molar refractivity (Wildman–Crippen MR) is 116 cm³/mol. The molecular weight excluding hydrogens is 376 g/mol. The van der Waals surface area contributed by atoms with E-state index < -0.39 is 11.8 Å². The van der Waals surface area contributed by atoms with Crippen LogP contribution in [-0.2, 0) is 5.41 Å². The predicted octanol–water partition coefficient (Wildman–Crippen LogP) is 4.76. The zero-order chi connectivity index (χ0) is 21.7. The largest absolute Gasteiger partial charge is 0.321 e. The van der Waals surface area contributed by atoms with Gasteiger partial charge < -0.3 is 10.6 Å². The molecule has 3 rings (SSSR count). The maximum absolute atomic E-state index is 12.6. The molecule has 0 aliphatic rings. The molecule has 150 valence electrons. The summed E-state index contributed by atoms with van der Waals surface area (Å²) in [6.45, 7) is 6.36. The second-order valence-corrected chi connectivity index (χ2v) is 7.80. The standard InChI is InChI=1S/C24H22N4O2/c1-24(2,3)17-11-13-18(14-12-17)26-22(29)20-9-6-10-21(27-20)23(30)28-19-8-5-4-7-16(19)15-25/h4-14H,1-3H3,(H,26,29)(H,28,30). The molecule has 0 atom stereocenters. The molecule has 2 amide bonds. The molecular formula is C24H22N4O2. The number of nitrogens with one attached hydrogen (secondary N) is 2. The van der Waals surface area contributed by atoms with Crippen LogP contribution in [0.2, 0.25) is 0 Å². The zero-order valence-electron chi connectivity index (χ0n) is 17.1. The molecule has 0 saturated heterocycles. The molecule has 2 N–H and O–H groups in total. The summed E-state index contributed by atoms with van der Waals surface area (Å²) in [6, 6.07) is 21.0. The first-order valence-corrected chi connectivity index (χ1v) is 9.47. The number of anilines is 2. The number of hydrogen-bond acceptors (Lipinski definition) is 4. The highest BCUT2D eigenvalue weighted by Crippen LogP contribution is 2.23. The average molecular weight is 398 g/mol. The third kappa shape index (κ3) is 4.89. The maximum Gasteiger partial charge on any atom is 0.274 e. The lowest BCUT2D eigenvalue weighted by Gasteiger charge is -2.19. The first-order chi connectivity index (χ1) is 14.3. The van der Waals surface area contributed by atoms with Gasteiger partial charge in [-0.2, -0.15) is 5.26 Å². The molecule has 0 fully saturated rings. The van der Waals surface area contributed by atoms with Crippen LogP contribution in [0.25, 0.3) is 0 Å². The van der Waals surface area contributed by atoms with E-state index in [1.807, 2.05) is 30.3 Å². The van der Waals surface area contributed by atoms with E-state index in [-0.39, 0.29) is 16.8 Å². The molecule has 0 saturated carbocycles. The highest BCUT2D eigenvalue weighted by atomic mass is 16.2. The molecule has 0 radical (unpaired) electrons. The zero-order valence-corrected chi connectivity index (χ0v) is 17.1. The van der Waals surface area contributed by atoms with E-state index in [0.29, 0.717) is 16.9 Å². The van der Waals surface area contributed by atoms with E-state index in [0.717, 1.165) is 5.56 Å². The minimum Gasteiger partial charge on any atom is -0.321 e. The van der Waals surface area contributed by atoms with Crippen LogP contribution < -0.4 is 10.6 Å². The number of pyridine rings is 1. The summed E-state index contributed by atoms with van der Waals surface area (Å²) in [4.78, 5) is 29.3. The minimum atomic E-state index is -0.498. The summed E-state index contributed by atoms with van der Waals surface area (Å²) < 4.78 is 0. The van der Waals surface area contributed by atoms with Crippen molar-refractivity contribution in [2.24, 2.45) is 0 Å². The molecule has 1 heterocycles. The Hall–Kier alpha value is -3.98. The van der Waals surface area contributed by atoms with Crippen molar-refractivity contribution in [1.82, 2.24) is 4.98 Å². The van der Waals surface area contributed by atoms with Crippen LogP contribution in [0, 0.1) is 11.3 Å². The summed E-state index contributed by atoms with van der Waals surface area (Å²) in [7, 11) is 0. The van der Waals surface area contributed by atoms with Crippen LogP contribution in [-0.4, -0.2) is 16.8 Å². The van der Waals surface area contributed by atoms with Gasteiger partial charge in [-0.05, 0) is 47.4 Å². The fourth-order valence-electron chi connectivity index (χ4n) is 2.81. The third-order valence-corrected chi connectivity index (χ3v) is 4.52. The lowest BCUT2D eigenvalue weighted by molar-refractivity contribution is 0.101. The van der Waals surface area contributed by atoms with Gasteiger partial charge in [0.25, 0.3) is 11.8 Å². The van der Waals surface area contributed by atoms with Gasteiger partial charge in [-0.15, -0.1) is 0 Å². The van der Waals surface area contributed by atoms with Crippen molar-refractivity contribution < 1.29 is 9.59 Å². The van der Waals surface area contributed by atoms with Crippen LogP contribution >= 0.6 is 0 Å². The van der Waals surface area contributed by atoms with E-state index >= 15 is 0 Å². The molecule has 6 nitrogen and oxygen atoms in total. The lowest BCUT2D eigenvalue weighted by Crippen LogP contribution is -2.19. The van der Waals surface area contributed by atoms with Gasteiger partial charge in [0.1, 0.15) is 17.5 Å². The molecule has 2 aromatic carbocycles. The topological polar surface area (TPSA) is 94.9 Å². The number of carbonyl (C=O) groups excluding carboxylic acids is 2. The Labute approximate surface area is 175 Å². The Morgan fingerprint density at radius 2 is 1.43 bits per heavy atom. The molecule has 0 spiro atoms. The van der Waals surface area contributed by atoms with Gasteiger partial charge in [-0.3, -0.25) is 9.59 Å². The summed E-state index contributed by atoms with van der Waals surface area (Å²) in [5.74, 6) is -0.910. The molecule has 3 aromatic rings. The second kappa shape index (κ2) is 8.58. The molecule has 0 aliphatic carbocycles. The van der Waals surface area contributed by atoms with Crippen LogP contribution in [0.15, 0.2) is 66.7 Å². The summed E-state index contributed by atoms with van der Waals surface area (Å²) in [6.07, 6.45) is 0. The van der Waals surface area contributed by atoms with Gasteiger partial charge in [0, 0.05) is 5.69 Å². The van der Waals surface area contributed by atoms with Gasteiger partial charge >= 0.3 is 0 Å². The van der Waals surface area contributed by atoms with Crippen molar-refractivity contribution in [2.75, 3.05) is 10.6 Å². The van der Waals surface area contributed by atoms with Crippen LogP contribution in [0.5, 0.6) is 0 Å². The SMILES string of the molecule is CC(C)(C)c1ccc(NC(=O)c2cccc(C(=O)Nc3ccccc3C#N)n2)cc1. The minimum absolute atomic E-state index is 0.0238. The summed E-state index contributed by atoms with van der Waals surface area (Å²) in [5, 5.41) is 14.6. The number of rotatable bonds is 4. The Balaban J connectivity index is 1.74. The number of aromatic nitrogens is 1. The highest BCUT2D eigenvalue weighted by Gasteiger charge is 2.16. The smallest absolute Gasteiger partial charge is 0.274 e. The molecule has 30 heavy (non-hydrogen) atoms. The summed E-state index contributed by atoms with van der Waals surface area (Å²) >= 11 is 0. The normalized spacial score (nSPS) is 10.7. The van der Waals surface area contributed by atoms with Gasteiger partial charge in [0.2, 0.25) is 0 Å². The fourth-order valence-corrected chi connectivity index (χ4v) is 2.81. The molecule has 0 aliphatic heterocycles. The maximum atomic E-state index is 12.6. The van der Waals surface area contributed by atoms with E-state index in [1.165, 1.54) is 6.07 Å². The van der Waals surface area contributed by atoms with Crippen molar-refractivity contribution in [3.8, 4) is 6.07 Å². The quantitative estimate of drug-likeness (QED) is 0.663. The monoisotopic (exact) mass is 398 g/mol. The first kappa shape index (κ1) is 20.7. The second-order valence-electron chi connectivity index (χ2n) is 7.80. The van der Waals surface area contributed by atoms with Crippen LogP contribution in [0.4, 0.5) is 11.4 Å². The Bertz CT molecular complexity index is 1120. The Morgan fingerprint density at radius 1 is 0.833 bits per heavy atom. The van der Waals surface area contributed by atoms with Gasteiger partial charge in [0.05, 0.1) is 11.3 Å². The number of benzene rings is 2. The van der Waals surface area contributed by atoms with Crippen molar-refractivity contribution >= 4 is 23.2 Å². The highest BCUT2D eigenvalue weighted by molar-refractivity contribution is 6.06. The Kier molecular flexibility index (Phi) is 5.93. The summed E-state index contributed by atoms with van der Waals surface area (Å²) in [5.41, 5.74) is 2.77. The number of para-hydroxylation sites is 1. The van der Waals surface area contributed by atoms with Crippen LogP contribution in [0.3, 0.4) is 0 Å². The van der Waals surface area contributed by atoms with Crippen molar-refractivity contribution in [1.29, 1.82) is 5.26 Å².